The summed E-state index contributed by atoms with van der Waals surface area (Å²) in [5, 5.41) is 0. The molecule has 2 N–H and O–H groups in total. The lowest BCUT2D eigenvalue weighted by Gasteiger charge is -2.19. The molecule has 2 nitrogen and oxygen atoms in total. The SMILES string of the molecule is C=CCN(CCC)Cc1cccc(N)c1. The van der Waals surface area contributed by atoms with Crippen LogP contribution < -0.4 is 5.73 Å². The van der Waals surface area contributed by atoms with Crippen molar-refractivity contribution in [2.45, 2.75) is 19.9 Å². The van der Waals surface area contributed by atoms with E-state index >= 15 is 0 Å². The Hall–Kier alpha value is -1.28. The van der Waals surface area contributed by atoms with Crippen LogP contribution in [0.2, 0.25) is 0 Å². The van der Waals surface area contributed by atoms with Crippen molar-refractivity contribution in [2.24, 2.45) is 0 Å². The second-order valence-corrected chi connectivity index (χ2v) is 3.77. The van der Waals surface area contributed by atoms with Gasteiger partial charge in [0, 0.05) is 18.8 Å². The highest BCUT2D eigenvalue weighted by atomic mass is 15.1. The second-order valence-electron chi connectivity index (χ2n) is 3.77. The molecule has 0 spiro atoms. The molecule has 0 amide bonds. The van der Waals surface area contributed by atoms with E-state index in [4.69, 9.17) is 5.73 Å². The first-order valence-corrected chi connectivity index (χ1v) is 5.44. The molecule has 82 valence electrons. The van der Waals surface area contributed by atoms with Gasteiger partial charge in [0.2, 0.25) is 0 Å². The van der Waals surface area contributed by atoms with Crippen LogP contribution in [-0.2, 0) is 6.54 Å². The van der Waals surface area contributed by atoms with Crippen molar-refractivity contribution in [3.63, 3.8) is 0 Å². The summed E-state index contributed by atoms with van der Waals surface area (Å²) >= 11 is 0. The number of hydrogen-bond donors (Lipinski definition) is 1. The van der Waals surface area contributed by atoms with Gasteiger partial charge in [-0.25, -0.2) is 0 Å². The van der Waals surface area contributed by atoms with Crippen LogP contribution in [0.3, 0.4) is 0 Å². The minimum Gasteiger partial charge on any atom is -0.399 e. The van der Waals surface area contributed by atoms with Gasteiger partial charge in [0.05, 0.1) is 0 Å². The standard InChI is InChI=1S/C13H20N2/c1-3-8-15(9-4-2)11-12-6-5-7-13(14)10-12/h3,5-7,10H,1,4,8-9,11,14H2,2H3. The van der Waals surface area contributed by atoms with Crippen molar-refractivity contribution in [3.8, 4) is 0 Å². The molecular weight excluding hydrogens is 184 g/mol. The first kappa shape index (κ1) is 11.8. The Morgan fingerprint density at radius 2 is 2.27 bits per heavy atom. The number of anilines is 1. The quantitative estimate of drug-likeness (QED) is 0.570. The number of nitrogens with two attached hydrogens (primary N) is 1. The molecule has 1 rings (SSSR count). The van der Waals surface area contributed by atoms with Gasteiger partial charge in [-0.3, -0.25) is 4.90 Å². The zero-order valence-electron chi connectivity index (χ0n) is 9.45. The minimum atomic E-state index is 0.836. The van der Waals surface area contributed by atoms with Gasteiger partial charge in [-0.2, -0.15) is 0 Å². The van der Waals surface area contributed by atoms with E-state index in [2.05, 4.69) is 24.5 Å². The van der Waals surface area contributed by atoms with Gasteiger partial charge < -0.3 is 5.73 Å². The molecule has 0 aliphatic rings. The Bertz CT molecular complexity index is 307. The van der Waals surface area contributed by atoms with Crippen LogP contribution in [0.4, 0.5) is 5.69 Å². The highest BCUT2D eigenvalue weighted by Crippen LogP contribution is 2.09. The van der Waals surface area contributed by atoms with E-state index in [1.54, 1.807) is 0 Å². The Balaban J connectivity index is 2.60. The van der Waals surface area contributed by atoms with Crippen LogP contribution in [0, 0.1) is 0 Å². The maximum Gasteiger partial charge on any atom is 0.0317 e. The molecule has 0 fully saturated rings. The van der Waals surface area contributed by atoms with Crippen LogP contribution in [0.1, 0.15) is 18.9 Å². The number of hydrogen-bond acceptors (Lipinski definition) is 2. The van der Waals surface area contributed by atoms with E-state index in [-0.39, 0.29) is 0 Å². The van der Waals surface area contributed by atoms with Crippen molar-refractivity contribution in [3.05, 3.63) is 42.5 Å². The molecule has 0 atom stereocenters. The first-order valence-electron chi connectivity index (χ1n) is 5.44. The Morgan fingerprint density at radius 3 is 2.87 bits per heavy atom. The molecule has 0 heterocycles. The summed E-state index contributed by atoms with van der Waals surface area (Å²) in [5.41, 5.74) is 7.85. The van der Waals surface area contributed by atoms with Crippen molar-refractivity contribution in [2.75, 3.05) is 18.8 Å². The lowest BCUT2D eigenvalue weighted by Crippen LogP contribution is -2.24. The zero-order chi connectivity index (χ0) is 11.1. The average molecular weight is 204 g/mol. The Kier molecular flexibility index (Phi) is 4.91. The molecule has 2 heteroatoms. The lowest BCUT2D eigenvalue weighted by atomic mass is 10.2. The normalized spacial score (nSPS) is 10.5. The highest BCUT2D eigenvalue weighted by Gasteiger charge is 2.02. The molecule has 0 radical (unpaired) electrons. The summed E-state index contributed by atoms with van der Waals surface area (Å²) in [4.78, 5) is 2.36. The van der Waals surface area contributed by atoms with Gasteiger partial charge in [-0.15, -0.1) is 6.58 Å². The van der Waals surface area contributed by atoms with E-state index in [9.17, 15) is 0 Å². The molecule has 0 aliphatic carbocycles. The molecule has 0 bridgehead atoms. The number of nitrogens with zero attached hydrogens (tertiary/aromatic N) is 1. The van der Waals surface area contributed by atoms with Crippen molar-refractivity contribution >= 4 is 5.69 Å². The molecule has 0 unspecified atom stereocenters. The summed E-state index contributed by atoms with van der Waals surface area (Å²) in [6.45, 7) is 8.95. The van der Waals surface area contributed by atoms with E-state index in [0.29, 0.717) is 0 Å². The molecule has 15 heavy (non-hydrogen) atoms. The molecule has 0 aromatic heterocycles. The Morgan fingerprint density at radius 1 is 1.47 bits per heavy atom. The summed E-state index contributed by atoms with van der Waals surface area (Å²) in [5.74, 6) is 0. The third-order valence-corrected chi connectivity index (χ3v) is 2.28. The van der Waals surface area contributed by atoms with E-state index in [1.807, 2.05) is 24.3 Å². The van der Waals surface area contributed by atoms with Crippen molar-refractivity contribution in [1.29, 1.82) is 0 Å². The van der Waals surface area contributed by atoms with Gasteiger partial charge in [0.1, 0.15) is 0 Å². The van der Waals surface area contributed by atoms with Gasteiger partial charge in [0.25, 0.3) is 0 Å². The van der Waals surface area contributed by atoms with Crippen LogP contribution >= 0.6 is 0 Å². The largest absolute Gasteiger partial charge is 0.399 e. The third kappa shape index (κ3) is 4.17. The summed E-state index contributed by atoms with van der Waals surface area (Å²) < 4.78 is 0. The van der Waals surface area contributed by atoms with Gasteiger partial charge in [0.15, 0.2) is 0 Å². The fourth-order valence-corrected chi connectivity index (χ4v) is 1.68. The predicted octanol–water partition coefficient (Wildman–Crippen LogP) is 2.67. The fourth-order valence-electron chi connectivity index (χ4n) is 1.68. The molecule has 1 aromatic carbocycles. The maximum absolute atomic E-state index is 5.74. The Labute approximate surface area is 92.4 Å². The number of benzene rings is 1. The van der Waals surface area contributed by atoms with Crippen LogP contribution in [-0.4, -0.2) is 18.0 Å². The van der Waals surface area contributed by atoms with Gasteiger partial charge in [-0.1, -0.05) is 25.1 Å². The smallest absolute Gasteiger partial charge is 0.0317 e. The van der Waals surface area contributed by atoms with Crippen LogP contribution in [0.25, 0.3) is 0 Å². The first-order chi connectivity index (χ1) is 7.26. The zero-order valence-corrected chi connectivity index (χ0v) is 9.45. The number of nitrogen functional groups attached to an aromatic ring is 1. The summed E-state index contributed by atoms with van der Waals surface area (Å²) in [7, 11) is 0. The van der Waals surface area contributed by atoms with E-state index < -0.39 is 0 Å². The third-order valence-electron chi connectivity index (χ3n) is 2.28. The summed E-state index contributed by atoms with van der Waals surface area (Å²) in [6, 6.07) is 8.07. The molecule has 0 saturated heterocycles. The molecule has 0 saturated carbocycles. The lowest BCUT2D eigenvalue weighted by molar-refractivity contribution is 0.295. The predicted molar refractivity (Wildman–Crippen MR) is 66.6 cm³/mol. The molecule has 0 aliphatic heterocycles. The molecular formula is C13H20N2. The van der Waals surface area contributed by atoms with Crippen molar-refractivity contribution < 1.29 is 0 Å². The second kappa shape index (κ2) is 6.25. The van der Waals surface area contributed by atoms with E-state index in [1.165, 1.54) is 5.56 Å². The molecule has 1 aromatic rings. The van der Waals surface area contributed by atoms with Gasteiger partial charge >= 0.3 is 0 Å². The van der Waals surface area contributed by atoms with Crippen LogP contribution in [0.15, 0.2) is 36.9 Å². The van der Waals surface area contributed by atoms with E-state index in [0.717, 1.165) is 31.7 Å². The van der Waals surface area contributed by atoms with Crippen molar-refractivity contribution in [1.82, 2.24) is 4.90 Å². The maximum atomic E-state index is 5.74. The highest BCUT2D eigenvalue weighted by molar-refractivity contribution is 5.40. The topological polar surface area (TPSA) is 29.3 Å². The van der Waals surface area contributed by atoms with Crippen LogP contribution in [0.5, 0.6) is 0 Å². The monoisotopic (exact) mass is 204 g/mol. The fraction of sp³-hybridized carbons (Fsp3) is 0.385. The number of rotatable bonds is 6. The average Bonchev–Trinajstić information content (AvgIpc) is 2.18. The summed E-state index contributed by atoms with van der Waals surface area (Å²) in [6.07, 6.45) is 3.11. The van der Waals surface area contributed by atoms with Gasteiger partial charge in [-0.05, 0) is 30.7 Å². The minimum absolute atomic E-state index is 0.836.